The molecule has 0 heterocycles. The van der Waals surface area contributed by atoms with Gasteiger partial charge in [0.25, 0.3) is 0 Å². The molecule has 0 saturated carbocycles. The van der Waals surface area contributed by atoms with Crippen LogP contribution < -0.4 is 4.90 Å². The highest BCUT2D eigenvalue weighted by Gasteiger charge is 2.11. The third-order valence-electron chi connectivity index (χ3n) is 2.28. The first-order chi connectivity index (χ1) is 7.22. The van der Waals surface area contributed by atoms with Crippen molar-refractivity contribution in [3.63, 3.8) is 0 Å². The van der Waals surface area contributed by atoms with Crippen LogP contribution in [0.5, 0.6) is 0 Å². The molecule has 0 fully saturated rings. The Morgan fingerprint density at radius 2 is 2.07 bits per heavy atom. The summed E-state index contributed by atoms with van der Waals surface area (Å²) in [5, 5.41) is 11.7. The molecule has 4 heteroatoms. The van der Waals surface area contributed by atoms with Gasteiger partial charge < -0.3 is 4.90 Å². The van der Waals surface area contributed by atoms with Crippen LogP contribution >= 0.6 is 0 Å². The Balaban J connectivity index is 2.93. The van der Waals surface area contributed by atoms with Crippen molar-refractivity contribution in [1.29, 1.82) is 5.26 Å². The second kappa shape index (κ2) is 5.11. The van der Waals surface area contributed by atoms with E-state index in [1.807, 2.05) is 18.7 Å². The fourth-order valence-corrected chi connectivity index (χ4v) is 1.45. The van der Waals surface area contributed by atoms with Gasteiger partial charge in [0.05, 0.1) is 6.07 Å². The maximum Gasteiger partial charge on any atom is 0.114 e. The summed E-state index contributed by atoms with van der Waals surface area (Å²) in [4.78, 5) is 12.2. The molecule has 0 bridgehead atoms. The third-order valence-corrected chi connectivity index (χ3v) is 2.28. The van der Waals surface area contributed by atoms with E-state index in [1.54, 1.807) is 24.3 Å². The second-order valence-corrected chi connectivity index (χ2v) is 3.20. The molecule has 0 radical (unpaired) electrons. The Labute approximate surface area is 89.1 Å². The van der Waals surface area contributed by atoms with Gasteiger partial charge >= 0.3 is 0 Å². The van der Waals surface area contributed by atoms with Crippen molar-refractivity contribution < 1.29 is 0 Å². The predicted octanol–water partition coefficient (Wildman–Crippen LogP) is 2.82. The van der Waals surface area contributed by atoms with Gasteiger partial charge in [-0.1, -0.05) is 0 Å². The summed E-state index contributed by atoms with van der Waals surface area (Å²) in [6, 6.07) is 8.90. The van der Waals surface area contributed by atoms with E-state index >= 15 is 0 Å². The first-order valence-electron chi connectivity index (χ1n) is 4.82. The zero-order valence-electron chi connectivity index (χ0n) is 8.84. The summed E-state index contributed by atoms with van der Waals surface area (Å²) < 4.78 is 0. The normalized spacial score (nSPS) is 11.5. The van der Waals surface area contributed by atoms with E-state index in [4.69, 9.17) is 5.26 Å². The largest absolute Gasteiger partial charge is 0.356 e. The number of hydrogen-bond acceptors (Lipinski definition) is 4. The maximum absolute atomic E-state index is 10.2. The molecule has 0 aromatic heterocycles. The lowest BCUT2D eigenvalue weighted by molar-refractivity contribution is 0.768. The molecule has 0 saturated heterocycles. The maximum atomic E-state index is 10.2. The van der Waals surface area contributed by atoms with Gasteiger partial charge in [-0.25, -0.2) is 0 Å². The zero-order chi connectivity index (χ0) is 11.3. The van der Waals surface area contributed by atoms with Crippen molar-refractivity contribution in [2.75, 3.05) is 11.4 Å². The molecule has 1 aromatic rings. The number of hydrogen-bond donors (Lipinski definition) is 0. The van der Waals surface area contributed by atoms with E-state index < -0.39 is 0 Å². The monoisotopic (exact) mass is 203 g/mol. The van der Waals surface area contributed by atoms with Crippen molar-refractivity contribution in [1.82, 2.24) is 0 Å². The van der Waals surface area contributed by atoms with Gasteiger partial charge in [-0.2, -0.15) is 5.26 Å². The highest BCUT2D eigenvalue weighted by molar-refractivity contribution is 5.53. The van der Waals surface area contributed by atoms with E-state index in [1.165, 1.54) is 0 Å². The molecule has 1 aromatic carbocycles. The first-order valence-corrected chi connectivity index (χ1v) is 4.82. The number of anilines is 1. The van der Waals surface area contributed by atoms with Gasteiger partial charge in [0, 0.05) is 12.2 Å². The van der Waals surface area contributed by atoms with Crippen LogP contribution in [0.4, 0.5) is 11.4 Å². The van der Waals surface area contributed by atoms with Gasteiger partial charge in [0.2, 0.25) is 0 Å². The number of nitroso groups, excluding NO2 is 1. The van der Waals surface area contributed by atoms with Gasteiger partial charge in [-0.05, 0) is 43.3 Å². The van der Waals surface area contributed by atoms with Crippen LogP contribution in [0.25, 0.3) is 0 Å². The fraction of sp³-hybridized carbons (Fsp3) is 0.364. The number of nitriles is 1. The minimum absolute atomic E-state index is 0.176. The number of rotatable bonds is 4. The standard InChI is InChI=1S/C11H13N3O/c1-3-14(9(2)8-12)11-6-4-10(13-15)5-7-11/h4-7,9H,3H2,1-2H3. The molecule has 1 unspecified atom stereocenters. The summed E-state index contributed by atoms with van der Waals surface area (Å²) in [6.45, 7) is 4.58. The first kappa shape index (κ1) is 11.2. The van der Waals surface area contributed by atoms with Crippen molar-refractivity contribution in [2.24, 2.45) is 5.18 Å². The molecule has 15 heavy (non-hydrogen) atoms. The van der Waals surface area contributed by atoms with Crippen LogP contribution in [0.1, 0.15) is 13.8 Å². The minimum atomic E-state index is -0.176. The smallest absolute Gasteiger partial charge is 0.114 e. The molecular formula is C11H13N3O. The molecule has 4 nitrogen and oxygen atoms in total. The molecule has 0 aliphatic heterocycles. The Bertz CT molecular complexity index is 366. The van der Waals surface area contributed by atoms with Crippen LogP contribution in [0, 0.1) is 16.2 Å². The number of nitrogens with zero attached hydrogens (tertiary/aromatic N) is 3. The highest BCUT2D eigenvalue weighted by atomic mass is 16.3. The van der Waals surface area contributed by atoms with Crippen molar-refractivity contribution in [2.45, 2.75) is 19.9 Å². The van der Waals surface area contributed by atoms with Gasteiger partial charge in [-0.15, -0.1) is 4.91 Å². The average molecular weight is 203 g/mol. The lowest BCUT2D eigenvalue weighted by Gasteiger charge is -2.25. The second-order valence-electron chi connectivity index (χ2n) is 3.20. The molecule has 0 N–H and O–H groups in total. The zero-order valence-corrected chi connectivity index (χ0v) is 8.84. The fourth-order valence-electron chi connectivity index (χ4n) is 1.45. The lowest BCUT2D eigenvalue weighted by Crippen LogP contribution is -2.31. The number of benzene rings is 1. The summed E-state index contributed by atoms with van der Waals surface area (Å²) in [5.74, 6) is 0. The van der Waals surface area contributed by atoms with E-state index in [9.17, 15) is 4.91 Å². The van der Waals surface area contributed by atoms with Crippen LogP contribution in [-0.2, 0) is 0 Å². The van der Waals surface area contributed by atoms with Crippen LogP contribution in [-0.4, -0.2) is 12.6 Å². The van der Waals surface area contributed by atoms with Gasteiger partial charge in [0.15, 0.2) is 0 Å². The van der Waals surface area contributed by atoms with Crippen molar-refractivity contribution in [3.8, 4) is 6.07 Å². The molecule has 78 valence electrons. The summed E-state index contributed by atoms with van der Waals surface area (Å²) in [5.41, 5.74) is 1.33. The summed E-state index contributed by atoms with van der Waals surface area (Å²) in [7, 11) is 0. The quantitative estimate of drug-likeness (QED) is 0.707. The Morgan fingerprint density at radius 1 is 1.47 bits per heavy atom. The van der Waals surface area contributed by atoms with E-state index in [0.717, 1.165) is 12.2 Å². The SMILES string of the molecule is CCN(c1ccc(N=O)cc1)C(C)C#N. The predicted molar refractivity (Wildman–Crippen MR) is 60.0 cm³/mol. The molecule has 1 atom stereocenters. The van der Waals surface area contributed by atoms with Gasteiger partial charge in [0.1, 0.15) is 11.7 Å². The summed E-state index contributed by atoms with van der Waals surface area (Å²) >= 11 is 0. The molecule has 0 aliphatic rings. The molecule has 0 spiro atoms. The Kier molecular flexibility index (Phi) is 3.81. The van der Waals surface area contributed by atoms with E-state index in [0.29, 0.717) is 5.69 Å². The van der Waals surface area contributed by atoms with E-state index in [-0.39, 0.29) is 6.04 Å². The molecule has 0 amide bonds. The molecular weight excluding hydrogens is 190 g/mol. The van der Waals surface area contributed by atoms with Crippen LogP contribution in [0.15, 0.2) is 29.4 Å². The molecule has 1 rings (SSSR count). The molecule has 0 aliphatic carbocycles. The third kappa shape index (κ3) is 2.53. The minimum Gasteiger partial charge on any atom is -0.356 e. The van der Waals surface area contributed by atoms with Crippen molar-refractivity contribution in [3.05, 3.63) is 29.2 Å². The van der Waals surface area contributed by atoms with E-state index in [2.05, 4.69) is 11.2 Å². The van der Waals surface area contributed by atoms with Crippen molar-refractivity contribution >= 4 is 11.4 Å². The Hall–Kier alpha value is -1.89. The van der Waals surface area contributed by atoms with Crippen LogP contribution in [0.2, 0.25) is 0 Å². The Morgan fingerprint density at radius 3 is 2.47 bits per heavy atom. The topological polar surface area (TPSA) is 56.5 Å². The van der Waals surface area contributed by atoms with Crippen LogP contribution in [0.3, 0.4) is 0 Å². The average Bonchev–Trinajstić information content (AvgIpc) is 2.30. The summed E-state index contributed by atoms with van der Waals surface area (Å²) in [6.07, 6.45) is 0. The lowest BCUT2D eigenvalue weighted by atomic mass is 10.2. The van der Waals surface area contributed by atoms with Gasteiger partial charge in [-0.3, -0.25) is 0 Å². The highest BCUT2D eigenvalue weighted by Crippen LogP contribution is 2.20.